The first-order chi connectivity index (χ1) is 6.52. The maximum Gasteiger partial charge on any atom is 0.332 e. The van der Waals surface area contributed by atoms with Crippen LogP contribution in [-0.2, 0) is 0 Å². The average Bonchev–Trinajstić information content (AvgIpc) is 2.08. The van der Waals surface area contributed by atoms with Gasteiger partial charge in [-0.15, -0.1) is 0 Å². The van der Waals surface area contributed by atoms with Gasteiger partial charge < -0.3 is 16.9 Å². The fourth-order valence-electron chi connectivity index (χ4n) is 0.456. The molecule has 0 aliphatic carbocycles. The number of carbonyl (C=O) groups excluding carboxylic acids is 2. The quantitative estimate of drug-likeness (QED) is 0.285. The summed E-state index contributed by atoms with van der Waals surface area (Å²) in [4.78, 5) is 20.4. The van der Waals surface area contributed by atoms with Crippen molar-refractivity contribution in [1.29, 1.82) is 0 Å². The Hall–Kier alpha value is -2.25. The van der Waals surface area contributed by atoms with Crippen LogP contribution >= 0.6 is 0 Å². The second-order valence-corrected chi connectivity index (χ2v) is 2.20. The standard InChI is InChI=1S/C6H12N6O2/c1-4(10-12-6(8)14)2-3-9-11-5(7)13/h2-3,9H,1H3,(H3,7,11,13)(H3,8,12,14)/b3-2?,10-4-. The molecule has 0 saturated heterocycles. The predicted molar refractivity (Wildman–Crippen MR) is 50.8 cm³/mol. The lowest BCUT2D eigenvalue weighted by atomic mass is 10.4. The second-order valence-electron chi connectivity index (χ2n) is 2.20. The van der Waals surface area contributed by atoms with Crippen molar-refractivity contribution in [2.45, 2.75) is 6.92 Å². The van der Waals surface area contributed by atoms with Crippen LogP contribution in [0.5, 0.6) is 0 Å². The highest BCUT2D eigenvalue weighted by atomic mass is 16.2. The third kappa shape index (κ3) is 7.85. The Labute approximate surface area is 80.4 Å². The molecule has 0 aromatic carbocycles. The number of nitrogens with zero attached hydrogens (tertiary/aromatic N) is 1. The first-order valence-corrected chi connectivity index (χ1v) is 3.59. The fraction of sp³-hybridized carbons (Fsp3) is 0.167. The monoisotopic (exact) mass is 200 g/mol. The summed E-state index contributed by atoms with van der Waals surface area (Å²) in [5, 5.41) is 3.56. The number of hydrazine groups is 1. The number of nitrogens with one attached hydrogen (secondary N) is 3. The molecule has 0 radical (unpaired) electrons. The van der Waals surface area contributed by atoms with E-state index in [0.29, 0.717) is 5.71 Å². The van der Waals surface area contributed by atoms with Crippen molar-refractivity contribution in [3.63, 3.8) is 0 Å². The molecular formula is C6H12N6O2. The van der Waals surface area contributed by atoms with Gasteiger partial charge in [0.15, 0.2) is 0 Å². The van der Waals surface area contributed by atoms with E-state index >= 15 is 0 Å². The molecule has 0 spiro atoms. The van der Waals surface area contributed by atoms with Gasteiger partial charge in [0.2, 0.25) is 0 Å². The van der Waals surface area contributed by atoms with E-state index in [0.717, 1.165) is 0 Å². The van der Waals surface area contributed by atoms with E-state index in [1.54, 1.807) is 6.92 Å². The van der Waals surface area contributed by atoms with Gasteiger partial charge in [0.05, 0.1) is 5.71 Å². The number of amides is 4. The molecule has 0 rings (SSSR count). The Morgan fingerprint density at radius 1 is 1.29 bits per heavy atom. The van der Waals surface area contributed by atoms with Gasteiger partial charge in [0.25, 0.3) is 0 Å². The Morgan fingerprint density at radius 3 is 2.43 bits per heavy atom. The largest absolute Gasteiger partial charge is 0.350 e. The minimum atomic E-state index is -0.749. The number of allylic oxidation sites excluding steroid dienone is 1. The van der Waals surface area contributed by atoms with Gasteiger partial charge in [0, 0.05) is 6.20 Å². The van der Waals surface area contributed by atoms with Gasteiger partial charge >= 0.3 is 12.1 Å². The third-order valence-corrected chi connectivity index (χ3v) is 0.946. The Morgan fingerprint density at radius 2 is 1.93 bits per heavy atom. The number of nitrogens with two attached hydrogens (primary N) is 2. The Bertz CT molecular complexity index is 271. The first-order valence-electron chi connectivity index (χ1n) is 3.59. The van der Waals surface area contributed by atoms with Crippen LogP contribution in [-0.4, -0.2) is 17.8 Å². The summed E-state index contributed by atoms with van der Waals surface area (Å²) in [7, 11) is 0. The molecule has 0 bridgehead atoms. The minimum Gasteiger partial charge on any atom is -0.350 e. The summed E-state index contributed by atoms with van der Waals surface area (Å²) in [6, 6.07) is -1.46. The van der Waals surface area contributed by atoms with E-state index < -0.39 is 12.1 Å². The maximum atomic E-state index is 10.2. The molecule has 0 aliphatic heterocycles. The van der Waals surface area contributed by atoms with Crippen LogP contribution in [0.2, 0.25) is 0 Å². The van der Waals surface area contributed by atoms with Crippen LogP contribution in [0.1, 0.15) is 6.92 Å². The van der Waals surface area contributed by atoms with Crippen LogP contribution in [0.4, 0.5) is 9.59 Å². The van der Waals surface area contributed by atoms with E-state index in [9.17, 15) is 9.59 Å². The summed E-state index contributed by atoms with van der Waals surface area (Å²) in [6.45, 7) is 1.62. The number of urea groups is 2. The zero-order valence-corrected chi connectivity index (χ0v) is 7.57. The smallest absolute Gasteiger partial charge is 0.332 e. The molecule has 0 aliphatic rings. The van der Waals surface area contributed by atoms with E-state index in [1.165, 1.54) is 12.3 Å². The lowest BCUT2D eigenvalue weighted by Crippen LogP contribution is -2.37. The van der Waals surface area contributed by atoms with Gasteiger partial charge in [-0.25, -0.2) is 15.0 Å². The number of rotatable bonds is 4. The number of hydrogen-bond donors (Lipinski definition) is 5. The molecule has 4 amide bonds. The first kappa shape index (κ1) is 11.8. The molecule has 0 saturated carbocycles. The average molecular weight is 200 g/mol. The van der Waals surface area contributed by atoms with Crippen molar-refractivity contribution in [2.75, 3.05) is 0 Å². The highest BCUT2D eigenvalue weighted by Crippen LogP contribution is 1.76. The Kier molecular flexibility index (Phi) is 5.28. The number of hydrazone groups is 1. The fourth-order valence-corrected chi connectivity index (χ4v) is 0.456. The normalized spacial score (nSPS) is 11.1. The third-order valence-electron chi connectivity index (χ3n) is 0.946. The van der Waals surface area contributed by atoms with Crippen molar-refractivity contribution in [3.05, 3.63) is 12.3 Å². The van der Waals surface area contributed by atoms with Gasteiger partial charge in [-0.05, 0) is 13.0 Å². The van der Waals surface area contributed by atoms with Crippen molar-refractivity contribution >= 4 is 17.8 Å². The molecule has 8 nitrogen and oxygen atoms in total. The molecule has 0 aromatic rings. The van der Waals surface area contributed by atoms with Crippen LogP contribution < -0.4 is 27.7 Å². The lowest BCUT2D eigenvalue weighted by Gasteiger charge is -1.98. The van der Waals surface area contributed by atoms with E-state index in [1.807, 2.05) is 5.43 Å². The van der Waals surface area contributed by atoms with Gasteiger partial charge in [0.1, 0.15) is 0 Å². The van der Waals surface area contributed by atoms with Crippen molar-refractivity contribution in [3.8, 4) is 0 Å². The molecule has 78 valence electrons. The van der Waals surface area contributed by atoms with Crippen LogP contribution in [0.15, 0.2) is 17.4 Å². The number of primary amides is 2. The lowest BCUT2D eigenvalue weighted by molar-refractivity contribution is 0.246. The summed E-state index contributed by atoms with van der Waals surface area (Å²) in [5.74, 6) is 0. The molecule has 0 aromatic heterocycles. The van der Waals surface area contributed by atoms with E-state index in [4.69, 9.17) is 11.5 Å². The van der Waals surface area contributed by atoms with Gasteiger partial charge in [-0.1, -0.05) is 0 Å². The SMILES string of the molecule is C/C(C=CNNC(N)=O)=N/NC(N)=O. The molecule has 0 fully saturated rings. The zero-order chi connectivity index (χ0) is 11.0. The molecule has 8 heteroatoms. The van der Waals surface area contributed by atoms with Gasteiger partial charge in [-0.2, -0.15) is 5.10 Å². The topological polar surface area (TPSA) is 135 Å². The summed E-state index contributed by atoms with van der Waals surface area (Å²) in [5.41, 5.74) is 16.5. The summed E-state index contributed by atoms with van der Waals surface area (Å²) in [6.07, 6.45) is 2.87. The minimum absolute atomic E-state index is 0.488. The second kappa shape index (κ2) is 6.29. The highest BCUT2D eigenvalue weighted by molar-refractivity contribution is 5.93. The number of carbonyl (C=O) groups is 2. The molecular weight excluding hydrogens is 188 g/mol. The molecule has 14 heavy (non-hydrogen) atoms. The van der Waals surface area contributed by atoms with Crippen molar-refractivity contribution < 1.29 is 9.59 Å². The van der Waals surface area contributed by atoms with Crippen molar-refractivity contribution in [1.82, 2.24) is 16.3 Å². The molecule has 0 atom stereocenters. The number of hydrogen-bond acceptors (Lipinski definition) is 4. The van der Waals surface area contributed by atoms with Crippen molar-refractivity contribution in [2.24, 2.45) is 16.6 Å². The van der Waals surface area contributed by atoms with Crippen LogP contribution in [0.25, 0.3) is 0 Å². The summed E-state index contributed by atoms with van der Waals surface area (Å²) < 4.78 is 0. The molecule has 0 heterocycles. The van der Waals surface area contributed by atoms with Gasteiger partial charge in [-0.3, -0.25) is 5.43 Å². The van der Waals surface area contributed by atoms with Crippen LogP contribution in [0, 0.1) is 0 Å². The maximum absolute atomic E-state index is 10.2. The molecule has 0 unspecified atom stereocenters. The molecule has 7 N–H and O–H groups in total. The van der Waals surface area contributed by atoms with E-state index in [-0.39, 0.29) is 0 Å². The zero-order valence-electron chi connectivity index (χ0n) is 7.57. The highest BCUT2D eigenvalue weighted by Gasteiger charge is 1.87. The van der Waals surface area contributed by atoms with Crippen LogP contribution in [0.3, 0.4) is 0 Å². The van der Waals surface area contributed by atoms with E-state index in [2.05, 4.69) is 16.0 Å². The Balaban J connectivity index is 3.80. The summed E-state index contributed by atoms with van der Waals surface area (Å²) >= 11 is 0. The predicted octanol–water partition coefficient (Wildman–Crippen LogP) is -1.28.